The van der Waals surface area contributed by atoms with E-state index in [2.05, 4.69) is 30.6 Å². The molecule has 0 aliphatic carbocycles. The largest absolute Gasteiger partial charge is 0.493 e. The van der Waals surface area contributed by atoms with E-state index < -0.39 is 5.41 Å². The summed E-state index contributed by atoms with van der Waals surface area (Å²) in [6.45, 7) is 8.28. The molecule has 258 valence electrons. The number of ether oxygens (including phenoxy) is 4. The van der Waals surface area contributed by atoms with Crippen LogP contribution in [0.1, 0.15) is 59.5 Å². The number of benzene rings is 4. The summed E-state index contributed by atoms with van der Waals surface area (Å²) >= 11 is 6.19. The molecule has 49 heavy (non-hydrogen) atoms. The standard InChI is InChI=1S/C19H19ClN2O3.C19H24N2O3/c1-19(2,11-21)14-10-13(6-7-15(14)20)22-18(23)12-5-8-16(24-3)17(9-12)25-4;1-19(2,12-20)14-6-8-15(9-7-14)21-18(22)13-5-10-16(23-3)17(11-13)24-4/h5-10H,1-4H3,(H,22,23);5-11H,12,20H2,1-4H3,(H,21,22). The minimum Gasteiger partial charge on any atom is -0.493 e. The molecular formula is C38H43ClN4O6. The number of methoxy groups -OCH3 is 4. The molecule has 0 saturated carbocycles. The van der Waals surface area contributed by atoms with Crippen LogP contribution in [0.5, 0.6) is 23.0 Å². The zero-order valence-corrected chi connectivity index (χ0v) is 29.8. The maximum absolute atomic E-state index is 12.5. The molecule has 11 heteroatoms. The van der Waals surface area contributed by atoms with Gasteiger partial charge in [-0.1, -0.05) is 37.6 Å². The van der Waals surface area contributed by atoms with E-state index in [1.807, 2.05) is 24.3 Å². The van der Waals surface area contributed by atoms with Crippen LogP contribution in [0.4, 0.5) is 11.4 Å². The Bertz CT molecular complexity index is 1820. The molecule has 0 aromatic heterocycles. The maximum Gasteiger partial charge on any atom is 0.255 e. The monoisotopic (exact) mass is 686 g/mol. The van der Waals surface area contributed by atoms with Crippen LogP contribution in [-0.4, -0.2) is 46.8 Å². The SMILES string of the molecule is COc1ccc(C(=O)Nc2ccc(C(C)(C)CN)cc2)cc1OC.COc1ccc(C(=O)Nc2ccc(Cl)c(C(C)(C)C#N)c2)cc1OC. The van der Waals surface area contributed by atoms with Crippen LogP contribution in [0.25, 0.3) is 0 Å². The predicted octanol–water partition coefficient (Wildman–Crippen LogP) is 7.60. The second-order valence-corrected chi connectivity index (χ2v) is 12.6. The van der Waals surface area contributed by atoms with Crippen LogP contribution in [-0.2, 0) is 10.8 Å². The van der Waals surface area contributed by atoms with Crippen LogP contribution in [0.3, 0.4) is 0 Å². The number of rotatable bonds is 11. The van der Waals surface area contributed by atoms with Gasteiger partial charge in [0, 0.05) is 39.5 Å². The van der Waals surface area contributed by atoms with Crippen LogP contribution in [0.15, 0.2) is 78.9 Å². The third-order valence-corrected chi connectivity index (χ3v) is 8.23. The molecule has 0 heterocycles. The normalized spacial score (nSPS) is 10.9. The molecule has 4 aromatic carbocycles. The Labute approximate surface area is 293 Å². The first-order chi connectivity index (χ1) is 23.2. The summed E-state index contributed by atoms with van der Waals surface area (Å²) in [5.41, 5.74) is 8.94. The average Bonchev–Trinajstić information content (AvgIpc) is 3.12. The summed E-state index contributed by atoms with van der Waals surface area (Å²) in [7, 11) is 6.14. The van der Waals surface area contributed by atoms with Crippen molar-refractivity contribution in [1.29, 1.82) is 5.26 Å². The van der Waals surface area contributed by atoms with Crippen molar-refractivity contribution in [3.8, 4) is 29.1 Å². The molecule has 0 radical (unpaired) electrons. The quantitative estimate of drug-likeness (QED) is 0.146. The molecule has 2 amide bonds. The number of hydrogen-bond acceptors (Lipinski definition) is 8. The van der Waals surface area contributed by atoms with E-state index in [9.17, 15) is 14.9 Å². The minimum atomic E-state index is -0.763. The number of nitriles is 1. The van der Waals surface area contributed by atoms with E-state index in [0.29, 0.717) is 56.9 Å². The van der Waals surface area contributed by atoms with Crippen molar-refractivity contribution in [3.05, 3.63) is 106 Å². The van der Waals surface area contributed by atoms with Gasteiger partial charge in [0.05, 0.1) is 39.9 Å². The first kappa shape index (κ1) is 38.2. The first-order valence-corrected chi connectivity index (χ1v) is 15.7. The van der Waals surface area contributed by atoms with Gasteiger partial charge in [0.2, 0.25) is 0 Å². The summed E-state index contributed by atoms with van der Waals surface area (Å²) in [5, 5.41) is 15.5. The molecule has 4 aromatic rings. The van der Waals surface area contributed by atoms with Crippen molar-refractivity contribution in [2.75, 3.05) is 45.6 Å². The van der Waals surface area contributed by atoms with E-state index in [-0.39, 0.29) is 17.2 Å². The second kappa shape index (κ2) is 16.7. The number of nitrogens with two attached hydrogens (primary N) is 1. The summed E-state index contributed by atoms with van der Waals surface area (Å²) in [5.74, 6) is 1.61. The van der Waals surface area contributed by atoms with E-state index >= 15 is 0 Å². The molecule has 0 saturated heterocycles. The van der Waals surface area contributed by atoms with Gasteiger partial charge in [-0.3, -0.25) is 9.59 Å². The lowest BCUT2D eigenvalue weighted by molar-refractivity contribution is 0.101. The highest BCUT2D eigenvalue weighted by atomic mass is 35.5. The fourth-order valence-electron chi connectivity index (χ4n) is 4.63. The highest BCUT2D eigenvalue weighted by Crippen LogP contribution is 2.33. The van der Waals surface area contributed by atoms with E-state index in [0.717, 1.165) is 11.3 Å². The third-order valence-electron chi connectivity index (χ3n) is 7.90. The van der Waals surface area contributed by atoms with Crippen molar-refractivity contribution in [1.82, 2.24) is 0 Å². The van der Waals surface area contributed by atoms with Gasteiger partial charge >= 0.3 is 0 Å². The van der Waals surface area contributed by atoms with Crippen LogP contribution < -0.4 is 35.3 Å². The highest BCUT2D eigenvalue weighted by Gasteiger charge is 2.24. The fraction of sp³-hybridized carbons (Fsp3) is 0.289. The van der Waals surface area contributed by atoms with E-state index in [1.54, 1.807) is 75.6 Å². The number of anilines is 2. The first-order valence-electron chi connectivity index (χ1n) is 15.3. The number of hydrogen-bond donors (Lipinski definition) is 3. The molecule has 0 spiro atoms. The predicted molar refractivity (Wildman–Crippen MR) is 194 cm³/mol. The number of nitrogens with zero attached hydrogens (tertiary/aromatic N) is 1. The van der Waals surface area contributed by atoms with Gasteiger partial charge in [-0.25, -0.2) is 0 Å². The second-order valence-electron chi connectivity index (χ2n) is 12.1. The Morgan fingerprint density at radius 1 is 0.694 bits per heavy atom. The molecule has 0 aliphatic rings. The van der Waals surface area contributed by atoms with Gasteiger partial charge in [0.1, 0.15) is 0 Å². The number of amides is 2. The van der Waals surface area contributed by atoms with Crippen LogP contribution in [0, 0.1) is 11.3 Å². The van der Waals surface area contributed by atoms with E-state index in [4.69, 9.17) is 36.3 Å². The average molecular weight is 687 g/mol. The number of halogens is 1. The minimum absolute atomic E-state index is 0.0914. The summed E-state index contributed by atoms with van der Waals surface area (Å²) in [4.78, 5) is 24.9. The molecule has 0 aliphatic heterocycles. The van der Waals surface area contributed by atoms with Crippen molar-refractivity contribution in [2.45, 2.75) is 38.5 Å². The van der Waals surface area contributed by atoms with Gasteiger partial charge < -0.3 is 35.3 Å². The van der Waals surface area contributed by atoms with Crippen molar-refractivity contribution >= 4 is 34.8 Å². The van der Waals surface area contributed by atoms with Gasteiger partial charge in [-0.15, -0.1) is 0 Å². The zero-order valence-electron chi connectivity index (χ0n) is 29.1. The van der Waals surface area contributed by atoms with Crippen molar-refractivity contribution in [2.24, 2.45) is 5.73 Å². The lowest BCUT2D eigenvalue weighted by Gasteiger charge is -2.23. The van der Waals surface area contributed by atoms with Crippen molar-refractivity contribution < 1.29 is 28.5 Å². The number of carbonyl (C=O) groups excluding carboxylic acids is 2. The number of nitrogens with one attached hydrogen (secondary N) is 2. The van der Waals surface area contributed by atoms with Gasteiger partial charge in [-0.05, 0) is 91.7 Å². The van der Waals surface area contributed by atoms with Crippen molar-refractivity contribution in [3.63, 3.8) is 0 Å². The van der Waals surface area contributed by atoms with Crippen LogP contribution in [0.2, 0.25) is 5.02 Å². The lowest BCUT2D eigenvalue weighted by Crippen LogP contribution is -2.27. The smallest absolute Gasteiger partial charge is 0.255 e. The Kier molecular flexibility index (Phi) is 13.0. The molecular weight excluding hydrogens is 644 g/mol. The van der Waals surface area contributed by atoms with E-state index in [1.165, 1.54) is 21.3 Å². The molecule has 0 fully saturated rings. The van der Waals surface area contributed by atoms with Crippen LogP contribution >= 0.6 is 11.6 Å². The molecule has 10 nitrogen and oxygen atoms in total. The highest BCUT2D eigenvalue weighted by molar-refractivity contribution is 6.31. The molecule has 4 rings (SSSR count). The Morgan fingerprint density at radius 3 is 1.57 bits per heavy atom. The topological polar surface area (TPSA) is 145 Å². The van der Waals surface area contributed by atoms with Gasteiger partial charge in [-0.2, -0.15) is 5.26 Å². The Hall–Kier alpha value is -5.24. The Morgan fingerprint density at radius 2 is 1.14 bits per heavy atom. The van der Waals surface area contributed by atoms with Gasteiger partial charge in [0.15, 0.2) is 23.0 Å². The maximum atomic E-state index is 12.5. The molecule has 0 unspecified atom stereocenters. The summed E-state index contributed by atoms with van der Waals surface area (Å²) in [6, 6.07) is 25.0. The summed E-state index contributed by atoms with van der Waals surface area (Å²) in [6.07, 6.45) is 0. The number of carbonyl (C=O) groups is 2. The Balaban J connectivity index is 0.000000266. The molecule has 0 bridgehead atoms. The van der Waals surface area contributed by atoms with Gasteiger partial charge in [0.25, 0.3) is 11.8 Å². The lowest BCUT2D eigenvalue weighted by atomic mass is 9.85. The third kappa shape index (κ3) is 9.66. The zero-order chi connectivity index (χ0) is 36.4. The fourth-order valence-corrected chi connectivity index (χ4v) is 4.98. The molecule has 4 N–H and O–H groups in total. The molecule has 0 atom stereocenters. The summed E-state index contributed by atoms with van der Waals surface area (Å²) < 4.78 is 20.8.